The van der Waals surface area contributed by atoms with Gasteiger partial charge in [-0.1, -0.05) is 0 Å². The number of furan rings is 1. The van der Waals surface area contributed by atoms with Gasteiger partial charge in [-0.15, -0.1) is 11.8 Å². The van der Waals surface area contributed by atoms with Crippen LogP contribution in [0.15, 0.2) is 44.3 Å². The highest BCUT2D eigenvalue weighted by atomic mass is 79.9. The molecular formula is C13H10BrNO3S. The summed E-state index contributed by atoms with van der Waals surface area (Å²) in [6.07, 6.45) is 0.569. The van der Waals surface area contributed by atoms with Gasteiger partial charge < -0.3 is 14.8 Å². The largest absolute Gasteiger partial charge is 0.468 e. The molecule has 1 atom stereocenters. The molecule has 0 bridgehead atoms. The van der Waals surface area contributed by atoms with Gasteiger partial charge in [-0.3, -0.25) is 4.79 Å². The van der Waals surface area contributed by atoms with Crippen LogP contribution >= 0.6 is 27.7 Å². The first-order valence-electron chi connectivity index (χ1n) is 5.62. The first-order chi connectivity index (χ1) is 9.15. The Morgan fingerprint density at radius 3 is 3.05 bits per heavy atom. The Morgan fingerprint density at radius 2 is 2.32 bits per heavy atom. The molecule has 0 aliphatic carbocycles. The standard InChI is InChI=1S/C13H10BrNO3S/c14-9-4-8-10(15-13(17)12(8)16)5-11(9)19-6-7-2-1-3-18-7/h1-5,12,16H,6H2,(H,15,17). The number of benzene rings is 1. The molecule has 98 valence electrons. The normalized spacial score (nSPS) is 17.4. The second-order valence-electron chi connectivity index (χ2n) is 4.13. The van der Waals surface area contributed by atoms with Crippen molar-refractivity contribution in [1.82, 2.24) is 0 Å². The van der Waals surface area contributed by atoms with E-state index < -0.39 is 6.10 Å². The van der Waals surface area contributed by atoms with Crippen LogP contribution in [-0.2, 0) is 10.5 Å². The Kier molecular flexibility index (Phi) is 3.38. The van der Waals surface area contributed by atoms with Crippen molar-refractivity contribution >= 4 is 39.3 Å². The monoisotopic (exact) mass is 339 g/mol. The van der Waals surface area contributed by atoms with Crippen LogP contribution < -0.4 is 5.32 Å². The second kappa shape index (κ2) is 5.03. The van der Waals surface area contributed by atoms with Gasteiger partial charge in [0.2, 0.25) is 0 Å². The Labute approximate surface area is 122 Å². The fraction of sp³-hybridized carbons (Fsp3) is 0.154. The molecule has 19 heavy (non-hydrogen) atoms. The number of hydrogen-bond donors (Lipinski definition) is 2. The second-order valence-corrected chi connectivity index (χ2v) is 6.00. The minimum atomic E-state index is -1.07. The summed E-state index contributed by atoms with van der Waals surface area (Å²) in [6.45, 7) is 0. The van der Waals surface area contributed by atoms with Crippen molar-refractivity contribution in [2.45, 2.75) is 16.8 Å². The van der Waals surface area contributed by atoms with E-state index in [1.807, 2.05) is 18.2 Å². The number of rotatable bonds is 3. The highest BCUT2D eigenvalue weighted by Gasteiger charge is 2.29. The van der Waals surface area contributed by atoms with Gasteiger partial charge in [0.1, 0.15) is 5.76 Å². The summed E-state index contributed by atoms with van der Waals surface area (Å²) in [5.41, 5.74) is 1.28. The van der Waals surface area contributed by atoms with E-state index in [1.165, 1.54) is 0 Å². The molecule has 1 unspecified atom stereocenters. The molecule has 3 rings (SSSR count). The predicted molar refractivity (Wildman–Crippen MR) is 76.0 cm³/mol. The van der Waals surface area contributed by atoms with Crippen molar-refractivity contribution in [3.63, 3.8) is 0 Å². The summed E-state index contributed by atoms with van der Waals surface area (Å²) in [7, 11) is 0. The lowest BCUT2D eigenvalue weighted by molar-refractivity contribution is -0.123. The SMILES string of the molecule is O=C1Nc2cc(SCc3ccco3)c(Br)cc2C1O. The number of aliphatic hydroxyl groups is 1. The molecule has 0 fully saturated rings. The minimum absolute atomic E-state index is 0.380. The van der Waals surface area contributed by atoms with Crippen LogP contribution in [0, 0.1) is 0 Å². The van der Waals surface area contributed by atoms with Gasteiger partial charge in [0.25, 0.3) is 5.91 Å². The summed E-state index contributed by atoms with van der Waals surface area (Å²) in [5, 5.41) is 12.4. The van der Waals surface area contributed by atoms with Crippen LogP contribution in [0.5, 0.6) is 0 Å². The van der Waals surface area contributed by atoms with E-state index >= 15 is 0 Å². The molecular weight excluding hydrogens is 330 g/mol. The van der Waals surface area contributed by atoms with Crippen molar-refractivity contribution in [1.29, 1.82) is 0 Å². The van der Waals surface area contributed by atoms with E-state index in [0.29, 0.717) is 17.0 Å². The summed E-state index contributed by atoms with van der Waals surface area (Å²) >= 11 is 5.06. The Balaban J connectivity index is 1.84. The highest BCUT2D eigenvalue weighted by molar-refractivity contribution is 9.10. The number of carbonyl (C=O) groups excluding carboxylic acids is 1. The lowest BCUT2D eigenvalue weighted by atomic mass is 10.1. The van der Waals surface area contributed by atoms with Crippen molar-refractivity contribution in [3.05, 3.63) is 46.3 Å². The number of hydrogen-bond acceptors (Lipinski definition) is 4. The lowest BCUT2D eigenvalue weighted by Gasteiger charge is -2.07. The number of nitrogens with one attached hydrogen (secondary N) is 1. The first kappa shape index (κ1) is 12.8. The van der Waals surface area contributed by atoms with E-state index in [0.717, 1.165) is 15.1 Å². The number of amides is 1. The number of anilines is 1. The third kappa shape index (κ3) is 2.43. The van der Waals surface area contributed by atoms with E-state index in [-0.39, 0.29) is 5.91 Å². The third-order valence-corrected chi connectivity index (χ3v) is 4.85. The lowest BCUT2D eigenvalue weighted by Crippen LogP contribution is -2.10. The number of aliphatic hydroxyl groups excluding tert-OH is 1. The van der Waals surface area contributed by atoms with Gasteiger partial charge in [0.05, 0.1) is 12.0 Å². The molecule has 2 heterocycles. The third-order valence-electron chi connectivity index (χ3n) is 2.85. The average Bonchev–Trinajstić information content (AvgIpc) is 2.98. The molecule has 0 saturated carbocycles. The van der Waals surface area contributed by atoms with Gasteiger partial charge >= 0.3 is 0 Å². The summed E-state index contributed by atoms with van der Waals surface area (Å²) in [6, 6.07) is 7.41. The maximum atomic E-state index is 11.4. The molecule has 2 aromatic rings. The predicted octanol–water partition coefficient (Wildman–Crippen LogP) is 3.32. The van der Waals surface area contributed by atoms with Crippen molar-refractivity contribution in [2.24, 2.45) is 0 Å². The van der Waals surface area contributed by atoms with Crippen LogP contribution in [0.2, 0.25) is 0 Å². The Hall–Kier alpha value is -1.24. The summed E-state index contributed by atoms with van der Waals surface area (Å²) in [5.74, 6) is 1.22. The smallest absolute Gasteiger partial charge is 0.257 e. The van der Waals surface area contributed by atoms with Gasteiger partial charge in [0, 0.05) is 20.6 Å². The van der Waals surface area contributed by atoms with Crippen LogP contribution in [-0.4, -0.2) is 11.0 Å². The quantitative estimate of drug-likeness (QED) is 0.842. The molecule has 1 aromatic heterocycles. The van der Waals surface area contributed by atoms with Crippen LogP contribution in [0.4, 0.5) is 5.69 Å². The topological polar surface area (TPSA) is 62.5 Å². The zero-order valence-corrected chi connectivity index (χ0v) is 12.1. The van der Waals surface area contributed by atoms with Crippen molar-refractivity contribution in [2.75, 3.05) is 5.32 Å². The molecule has 6 heteroatoms. The Morgan fingerprint density at radius 1 is 1.47 bits per heavy atom. The number of carbonyl (C=O) groups is 1. The highest BCUT2D eigenvalue weighted by Crippen LogP contribution is 2.39. The molecule has 2 N–H and O–H groups in total. The van der Waals surface area contributed by atoms with Gasteiger partial charge in [0.15, 0.2) is 6.10 Å². The van der Waals surface area contributed by atoms with E-state index in [9.17, 15) is 9.90 Å². The number of thioether (sulfide) groups is 1. The van der Waals surface area contributed by atoms with E-state index in [1.54, 1.807) is 24.1 Å². The number of fused-ring (bicyclic) bond motifs is 1. The van der Waals surface area contributed by atoms with Gasteiger partial charge in [-0.25, -0.2) is 0 Å². The molecule has 4 nitrogen and oxygen atoms in total. The maximum Gasteiger partial charge on any atom is 0.257 e. The zero-order valence-electron chi connectivity index (χ0n) is 9.72. The molecule has 0 spiro atoms. The Bertz CT molecular complexity index is 627. The zero-order chi connectivity index (χ0) is 13.4. The van der Waals surface area contributed by atoms with Crippen LogP contribution in [0.3, 0.4) is 0 Å². The van der Waals surface area contributed by atoms with Crippen molar-refractivity contribution < 1.29 is 14.3 Å². The fourth-order valence-electron chi connectivity index (χ4n) is 1.90. The molecule has 1 aliphatic heterocycles. The number of halogens is 1. The molecule has 1 aromatic carbocycles. The molecule has 0 radical (unpaired) electrons. The molecule has 1 aliphatic rings. The minimum Gasteiger partial charge on any atom is -0.468 e. The summed E-state index contributed by atoms with van der Waals surface area (Å²) in [4.78, 5) is 12.4. The maximum absolute atomic E-state index is 11.4. The van der Waals surface area contributed by atoms with E-state index in [2.05, 4.69) is 21.2 Å². The van der Waals surface area contributed by atoms with E-state index in [4.69, 9.17) is 4.42 Å². The summed E-state index contributed by atoms with van der Waals surface area (Å²) < 4.78 is 6.14. The van der Waals surface area contributed by atoms with Crippen LogP contribution in [0.25, 0.3) is 0 Å². The fourth-order valence-corrected chi connectivity index (χ4v) is 3.46. The van der Waals surface area contributed by atoms with Gasteiger partial charge in [-0.2, -0.15) is 0 Å². The van der Waals surface area contributed by atoms with Crippen LogP contribution in [0.1, 0.15) is 17.4 Å². The van der Waals surface area contributed by atoms with Gasteiger partial charge in [-0.05, 0) is 40.2 Å². The first-order valence-corrected chi connectivity index (χ1v) is 7.40. The molecule has 0 saturated heterocycles. The molecule has 1 amide bonds. The average molecular weight is 340 g/mol. The van der Waals surface area contributed by atoms with Crippen molar-refractivity contribution in [3.8, 4) is 0 Å².